The molecule has 0 radical (unpaired) electrons. The fourth-order valence-electron chi connectivity index (χ4n) is 2.02. The maximum atomic E-state index is 12.2. The van der Waals surface area contributed by atoms with E-state index in [-0.39, 0.29) is 24.7 Å². The van der Waals surface area contributed by atoms with Crippen LogP contribution in [-0.2, 0) is 4.79 Å². The molecule has 1 aliphatic heterocycles. The van der Waals surface area contributed by atoms with Crippen LogP contribution in [0.2, 0.25) is 0 Å². The topological polar surface area (TPSA) is 81.1 Å². The Bertz CT molecular complexity index is 300. The van der Waals surface area contributed by atoms with E-state index in [1.54, 1.807) is 4.90 Å². The van der Waals surface area contributed by atoms with Crippen LogP contribution in [0.4, 0.5) is 4.79 Å². The largest absolute Gasteiger partial charge is 0.480 e. The number of piperidine rings is 1. The van der Waals surface area contributed by atoms with Crippen molar-refractivity contribution in [3.8, 4) is 0 Å². The van der Waals surface area contributed by atoms with E-state index in [0.29, 0.717) is 25.9 Å². The van der Waals surface area contributed by atoms with Crippen molar-refractivity contribution in [2.45, 2.75) is 45.3 Å². The quantitative estimate of drug-likeness (QED) is 0.779. The van der Waals surface area contributed by atoms with E-state index in [1.165, 1.54) is 4.90 Å². The zero-order valence-electron chi connectivity index (χ0n) is 11.0. The summed E-state index contributed by atoms with van der Waals surface area (Å²) in [6.07, 6.45) is 1.50. The first-order chi connectivity index (χ1) is 8.45. The van der Waals surface area contributed by atoms with Crippen molar-refractivity contribution in [3.05, 3.63) is 0 Å². The summed E-state index contributed by atoms with van der Waals surface area (Å²) in [7, 11) is 0. The second kappa shape index (κ2) is 6.58. The van der Waals surface area contributed by atoms with Crippen molar-refractivity contribution >= 4 is 12.0 Å². The SMILES string of the molecule is CCC(C)N(CC(=O)O)C(=O)N1CCC(O)CC1. The molecule has 0 aromatic rings. The van der Waals surface area contributed by atoms with Crippen LogP contribution in [0.5, 0.6) is 0 Å². The minimum Gasteiger partial charge on any atom is -0.480 e. The number of likely N-dealkylation sites (tertiary alicyclic amines) is 1. The maximum Gasteiger partial charge on any atom is 0.323 e. The van der Waals surface area contributed by atoms with Gasteiger partial charge in [0.25, 0.3) is 0 Å². The number of carboxylic acid groups (broad SMARTS) is 1. The predicted molar refractivity (Wildman–Crippen MR) is 66.3 cm³/mol. The fourth-order valence-corrected chi connectivity index (χ4v) is 2.02. The van der Waals surface area contributed by atoms with Crippen molar-refractivity contribution in [2.75, 3.05) is 19.6 Å². The maximum absolute atomic E-state index is 12.2. The van der Waals surface area contributed by atoms with E-state index in [0.717, 1.165) is 6.42 Å². The Morgan fingerprint density at radius 3 is 2.39 bits per heavy atom. The molecule has 1 saturated heterocycles. The Morgan fingerprint density at radius 1 is 1.39 bits per heavy atom. The molecule has 1 rings (SSSR count). The standard InChI is InChI=1S/C12H22N2O4/c1-3-9(2)14(8-11(16)17)12(18)13-6-4-10(15)5-7-13/h9-10,15H,3-8H2,1-2H3,(H,16,17). The van der Waals surface area contributed by atoms with Crippen LogP contribution in [0.25, 0.3) is 0 Å². The molecule has 1 heterocycles. The summed E-state index contributed by atoms with van der Waals surface area (Å²) >= 11 is 0. The smallest absolute Gasteiger partial charge is 0.323 e. The highest BCUT2D eigenvalue weighted by Gasteiger charge is 2.28. The summed E-state index contributed by atoms with van der Waals surface area (Å²) in [5, 5.41) is 18.3. The van der Waals surface area contributed by atoms with Crippen LogP contribution < -0.4 is 0 Å². The Kier molecular flexibility index (Phi) is 5.40. The number of urea groups is 1. The summed E-state index contributed by atoms with van der Waals surface area (Å²) < 4.78 is 0. The zero-order chi connectivity index (χ0) is 13.7. The molecule has 18 heavy (non-hydrogen) atoms. The van der Waals surface area contributed by atoms with Crippen molar-refractivity contribution in [1.82, 2.24) is 9.80 Å². The van der Waals surface area contributed by atoms with Crippen molar-refractivity contribution in [3.63, 3.8) is 0 Å². The Balaban J connectivity index is 2.66. The summed E-state index contributed by atoms with van der Waals surface area (Å²) in [6, 6.07) is -0.334. The molecular formula is C12H22N2O4. The molecule has 0 bridgehead atoms. The van der Waals surface area contributed by atoms with E-state index >= 15 is 0 Å². The van der Waals surface area contributed by atoms with Gasteiger partial charge in [-0.2, -0.15) is 0 Å². The predicted octanol–water partition coefficient (Wildman–Crippen LogP) is 0.748. The summed E-state index contributed by atoms with van der Waals surface area (Å²) in [5.41, 5.74) is 0. The second-order valence-corrected chi connectivity index (χ2v) is 4.78. The molecule has 2 amide bonds. The lowest BCUT2D eigenvalue weighted by molar-refractivity contribution is -0.138. The monoisotopic (exact) mass is 258 g/mol. The molecule has 1 fully saturated rings. The Hall–Kier alpha value is -1.30. The number of aliphatic hydroxyl groups is 1. The van der Waals surface area contributed by atoms with Crippen molar-refractivity contribution < 1.29 is 19.8 Å². The van der Waals surface area contributed by atoms with Gasteiger partial charge >= 0.3 is 12.0 Å². The Labute approximate surface area is 107 Å². The average Bonchev–Trinajstić information content (AvgIpc) is 2.35. The molecule has 0 aromatic carbocycles. The highest BCUT2D eigenvalue weighted by molar-refractivity contribution is 5.80. The molecule has 0 spiro atoms. The van der Waals surface area contributed by atoms with E-state index in [2.05, 4.69) is 0 Å². The molecular weight excluding hydrogens is 236 g/mol. The third kappa shape index (κ3) is 3.87. The molecule has 2 N–H and O–H groups in total. The van der Waals surface area contributed by atoms with Gasteiger partial charge in [0.15, 0.2) is 0 Å². The molecule has 6 heteroatoms. The van der Waals surface area contributed by atoms with Gasteiger partial charge in [-0.25, -0.2) is 4.79 Å². The van der Waals surface area contributed by atoms with Crippen LogP contribution in [-0.4, -0.2) is 63.8 Å². The summed E-state index contributed by atoms with van der Waals surface area (Å²) in [6.45, 7) is 4.48. The van der Waals surface area contributed by atoms with Gasteiger partial charge in [-0.15, -0.1) is 0 Å². The highest BCUT2D eigenvalue weighted by atomic mass is 16.4. The third-order valence-corrected chi connectivity index (χ3v) is 3.41. The molecule has 0 aromatic heterocycles. The van der Waals surface area contributed by atoms with E-state index in [1.807, 2.05) is 13.8 Å². The number of amides is 2. The van der Waals surface area contributed by atoms with E-state index in [9.17, 15) is 14.7 Å². The average molecular weight is 258 g/mol. The normalized spacial score (nSPS) is 18.5. The second-order valence-electron chi connectivity index (χ2n) is 4.78. The van der Waals surface area contributed by atoms with Gasteiger partial charge in [-0.1, -0.05) is 6.92 Å². The van der Waals surface area contributed by atoms with Gasteiger partial charge in [0.1, 0.15) is 6.54 Å². The van der Waals surface area contributed by atoms with Crippen LogP contribution >= 0.6 is 0 Å². The summed E-state index contributed by atoms with van der Waals surface area (Å²) in [4.78, 5) is 26.1. The number of aliphatic carboxylic acids is 1. The number of aliphatic hydroxyl groups excluding tert-OH is 1. The number of rotatable bonds is 4. The van der Waals surface area contributed by atoms with E-state index < -0.39 is 5.97 Å². The molecule has 104 valence electrons. The minimum atomic E-state index is -0.999. The molecule has 1 unspecified atom stereocenters. The van der Waals surface area contributed by atoms with Crippen LogP contribution in [0, 0.1) is 0 Å². The number of carbonyl (C=O) groups is 2. The van der Waals surface area contributed by atoms with Crippen molar-refractivity contribution in [1.29, 1.82) is 0 Å². The van der Waals surface area contributed by atoms with E-state index in [4.69, 9.17) is 5.11 Å². The molecule has 1 aliphatic rings. The molecule has 0 aliphatic carbocycles. The van der Waals surface area contributed by atoms with Gasteiger partial charge in [0.2, 0.25) is 0 Å². The van der Waals surface area contributed by atoms with Gasteiger partial charge in [-0.05, 0) is 26.2 Å². The molecule has 0 saturated carbocycles. The first-order valence-electron chi connectivity index (χ1n) is 6.41. The number of carboxylic acids is 1. The number of hydrogen-bond acceptors (Lipinski definition) is 3. The van der Waals surface area contributed by atoms with Crippen LogP contribution in [0.3, 0.4) is 0 Å². The number of nitrogens with zero attached hydrogens (tertiary/aromatic N) is 2. The third-order valence-electron chi connectivity index (χ3n) is 3.41. The number of carbonyl (C=O) groups excluding carboxylic acids is 1. The van der Waals surface area contributed by atoms with Gasteiger partial charge in [-0.3, -0.25) is 4.79 Å². The lowest BCUT2D eigenvalue weighted by Gasteiger charge is -2.36. The summed E-state index contributed by atoms with van der Waals surface area (Å²) in [5.74, 6) is -0.999. The first-order valence-corrected chi connectivity index (χ1v) is 6.41. The zero-order valence-corrected chi connectivity index (χ0v) is 11.0. The lowest BCUT2D eigenvalue weighted by Crippen LogP contribution is -2.51. The van der Waals surface area contributed by atoms with Gasteiger partial charge < -0.3 is 20.0 Å². The number of hydrogen-bond donors (Lipinski definition) is 2. The van der Waals surface area contributed by atoms with Crippen LogP contribution in [0.15, 0.2) is 0 Å². The van der Waals surface area contributed by atoms with Crippen LogP contribution in [0.1, 0.15) is 33.1 Å². The van der Waals surface area contributed by atoms with Crippen molar-refractivity contribution in [2.24, 2.45) is 0 Å². The minimum absolute atomic E-state index is 0.0968. The molecule has 6 nitrogen and oxygen atoms in total. The lowest BCUT2D eigenvalue weighted by atomic mass is 10.1. The Morgan fingerprint density at radius 2 is 1.94 bits per heavy atom. The first kappa shape index (κ1) is 14.8. The molecule has 1 atom stereocenters. The highest BCUT2D eigenvalue weighted by Crippen LogP contribution is 2.14. The van der Waals surface area contributed by atoms with Gasteiger partial charge in [0.05, 0.1) is 6.10 Å². The van der Waals surface area contributed by atoms with Gasteiger partial charge in [0, 0.05) is 19.1 Å². The fraction of sp³-hybridized carbons (Fsp3) is 0.833.